The molecule has 17 heavy (non-hydrogen) atoms. The molecule has 4 nitrogen and oxygen atoms in total. The fourth-order valence-electron chi connectivity index (χ4n) is 1.60. The fraction of sp³-hybridized carbons (Fsp3) is 0.182. The lowest BCUT2D eigenvalue weighted by atomic mass is 10.0. The number of H-pyrrole nitrogens is 1. The highest BCUT2D eigenvalue weighted by atomic mass is 35.5. The van der Waals surface area contributed by atoms with Gasteiger partial charge in [0.15, 0.2) is 0 Å². The lowest BCUT2D eigenvalue weighted by Gasteiger charge is -2.11. The fourth-order valence-corrected chi connectivity index (χ4v) is 1.84. The molecule has 0 saturated heterocycles. The van der Waals surface area contributed by atoms with Crippen LogP contribution in [0, 0.1) is 5.82 Å². The number of aliphatic hydroxyl groups is 1. The van der Waals surface area contributed by atoms with E-state index in [0.29, 0.717) is 5.56 Å². The Labute approximate surface area is 102 Å². The number of nitrogens with two attached hydrogens (primary N) is 1. The molecule has 1 heterocycles. The van der Waals surface area contributed by atoms with Crippen LogP contribution in [-0.2, 0) is 6.42 Å². The average Bonchev–Trinajstić information content (AvgIpc) is 2.70. The largest absolute Gasteiger partial charge is 0.388 e. The van der Waals surface area contributed by atoms with E-state index < -0.39 is 11.9 Å². The minimum atomic E-state index is -0.942. The van der Waals surface area contributed by atoms with Crippen molar-refractivity contribution in [1.29, 1.82) is 0 Å². The Morgan fingerprint density at radius 1 is 1.53 bits per heavy atom. The van der Waals surface area contributed by atoms with Crippen molar-refractivity contribution in [2.75, 3.05) is 5.73 Å². The molecule has 6 heteroatoms. The molecule has 0 spiro atoms. The van der Waals surface area contributed by atoms with Crippen LogP contribution in [0.1, 0.15) is 17.2 Å². The highest BCUT2D eigenvalue weighted by Gasteiger charge is 2.17. The number of hydrogen-bond donors (Lipinski definition) is 3. The lowest BCUT2D eigenvalue weighted by Crippen LogP contribution is -2.05. The molecule has 1 aromatic heterocycles. The Kier molecular flexibility index (Phi) is 3.31. The van der Waals surface area contributed by atoms with Crippen LogP contribution in [0.15, 0.2) is 24.4 Å². The molecule has 0 aliphatic rings. The Balaban J connectivity index is 2.25. The second-order valence-electron chi connectivity index (χ2n) is 3.66. The Morgan fingerprint density at radius 3 is 2.88 bits per heavy atom. The third-order valence-corrected chi connectivity index (χ3v) is 2.87. The number of aliphatic hydroxyl groups excluding tert-OH is 1. The van der Waals surface area contributed by atoms with Gasteiger partial charge in [0.05, 0.1) is 12.3 Å². The van der Waals surface area contributed by atoms with Crippen molar-refractivity contribution in [3.05, 3.63) is 46.4 Å². The first-order chi connectivity index (χ1) is 8.09. The Hall–Kier alpha value is -1.59. The van der Waals surface area contributed by atoms with Gasteiger partial charge >= 0.3 is 0 Å². The van der Waals surface area contributed by atoms with Crippen molar-refractivity contribution in [3.8, 4) is 0 Å². The summed E-state index contributed by atoms with van der Waals surface area (Å²) in [5.74, 6) is -0.177. The van der Waals surface area contributed by atoms with Crippen molar-refractivity contribution in [3.63, 3.8) is 0 Å². The summed E-state index contributed by atoms with van der Waals surface area (Å²) in [5, 5.41) is 16.4. The minimum absolute atomic E-state index is 0.0508. The maximum Gasteiger partial charge on any atom is 0.127 e. The number of aromatic nitrogens is 2. The number of nitrogens with one attached hydrogen (secondary N) is 1. The van der Waals surface area contributed by atoms with Crippen molar-refractivity contribution in [2.24, 2.45) is 0 Å². The van der Waals surface area contributed by atoms with Crippen LogP contribution < -0.4 is 5.73 Å². The molecule has 1 unspecified atom stereocenters. The maximum atomic E-state index is 13.5. The van der Waals surface area contributed by atoms with Gasteiger partial charge in [0.1, 0.15) is 11.6 Å². The molecule has 0 saturated carbocycles. The molecule has 4 N–H and O–H groups in total. The van der Waals surface area contributed by atoms with Gasteiger partial charge in [-0.05, 0) is 12.1 Å². The maximum absolute atomic E-state index is 13.5. The van der Waals surface area contributed by atoms with Crippen LogP contribution in [0.2, 0.25) is 5.02 Å². The molecule has 0 aliphatic carbocycles. The number of benzene rings is 1. The summed E-state index contributed by atoms with van der Waals surface area (Å²) in [6, 6.07) is 4.39. The number of nitrogens with zero attached hydrogens (tertiary/aromatic N) is 1. The molecule has 1 atom stereocenters. The molecule has 0 bridgehead atoms. The van der Waals surface area contributed by atoms with Gasteiger partial charge in [-0.3, -0.25) is 5.10 Å². The van der Waals surface area contributed by atoms with E-state index in [0.717, 1.165) is 0 Å². The van der Waals surface area contributed by atoms with Gasteiger partial charge in [0, 0.05) is 22.6 Å². The van der Waals surface area contributed by atoms with Crippen molar-refractivity contribution in [1.82, 2.24) is 10.2 Å². The smallest absolute Gasteiger partial charge is 0.127 e. The van der Waals surface area contributed by atoms with Crippen LogP contribution in [0.3, 0.4) is 0 Å². The Morgan fingerprint density at radius 2 is 2.29 bits per heavy atom. The average molecular weight is 256 g/mol. The number of nitrogen functional groups attached to an aromatic ring is 1. The van der Waals surface area contributed by atoms with E-state index in [1.165, 1.54) is 18.3 Å². The SMILES string of the molecule is Nc1[nH]ncc1C(O)Cc1c(F)cccc1Cl. The summed E-state index contributed by atoms with van der Waals surface area (Å²) >= 11 is 5.87. The number of hydrogen-bond acceptors (Lipinski definition) is 3. The lowest BCUT2D eigenvalue weighted by molar-refractivity contribution is 0.178. The van der Waals surface area contributed by atoms with E-state index in [2.05, 4.69) is 10.2 Å². The second-order valence-corrected chi connectivity index (χ2v) is 4.07. The van der Waals surface area contributed by atoms with Gasteiger partial charge in [-0.2, -0.15) is 5.10 Å². The van der Waals surface area contributed by atoms with Gasteiger partial charge in [-0.1, -0.05) is 17.7 Å². The molecular formula is C11H11ClFN3O. The predicted octanol–water partition coefficient (Wildman–Crippen LogP) is 2.06. The third kappa shape index (κ3) is 2.40. The zero-order valence-corrected chi connectivity index (χ0v) is 9.58. The predicted molar refractivity (Wildman–Crippen MR) is 63.1 cm³/mol. The van der Waals surface area contributed by atoms with E-state index in [-0.39, 0.29) is 22.8 Å². The van der Waals surface area contributed by atoms with E-state index in [1.807, 2.05) is 0 Å². The molecule has 1 aromatic carbocycles. The number of aromatic amines is 1. The van der Waals surface area contributed by atoms with Gasteiger partial charge < -0.3 is 10.8 Å². The molecule has 2 rings (SSSR count). The number of anilines is 1. The van der Waals surface area contributed by atoms with Crippen LogP contribution >= 0.6 is 11.6 Å². The normalized spacial score (nSPS) is 12.6. The summed E-state index contributed by atoms with van der Waals surface area (Å²) in [5.41, 5.74) is 6.27. The monoisotopic (exact) mass is 255 g/mol. The summed E-state index contributed by atoms with van der Waals surface area (Å²) in [7, 11) is 0. The minimum Gasteiger partial charge on any atom is -0.388 e. The summed E-state index contributed by atoms with van der Waals surface area (Å²) in [6.45, 7) is 0. The van der Waals surface area contributed by atoms with E-state index in [4.69, 9.17) is 17.3 Å². The molecule has 0 aliphatic heterocycles. The van der Waals surface area contributed by atoms with E-state index >= 15 is 0 Å². The zero-order chi connectivity index (χ0) is 12.4. The first-order valence-electron chi connectivity index (χ1n) is 4.99. The first kappa shape index (κ1) is 11.9. The molecular weight excluding hydrogens is 245 g/mol. The van der Waals surface area contributed by atoms with Crippen molar-refractivity contribution in [2.45, 2.75) is 12.5 Å². The van der Waals surface area contributed by atoms with Crippen LogP contribution in [0.25, 0.3) is 0 Å². The molecule has 2 aromatic rings. The topological polar surface area (TPSA) is 74.9 Å². The second kappa shape index (κ2) is 4.73. The third-order valence-electron chi connectivity index (χ3n) is 2.52. The highest BCUT2D eigenvalue weighted by Crippen LogP contribution is 2.27. The summed E-state index contributed by atoms with van der Waals surface area (Å²) in [4.78, 5) is 0. The summed E-state index contributed by atoms with van der Waals surface area (Å²) < 4.78 is 13.5. The number of rotatable bonds is 3. The van der Waals surface area contributed by atoms with Crippen LogP contribution in [0.4, 0.5) is 10.2 Å². The molecule has 0 amide bonds. The number of halogens is 2. The van der Waals surface area contributed by atoms with E-state index in [9.17, 15) is 9.50 Å². The standard InChI is InChI=1S/C11H11ClFN3O/c12-8-2-1-3-9(13)6(8)4-10(17)7-5-15-16-11(7)14/h1-3,5,10,17H,4H2,(H3,14,15,16). The van der Waals surface area contributed by atoms with Gasteiger partial charge in [-0.15, -0.1) is 0 Å². The highest BCUT2D eigenvalue weighted by molar-refractivity contribution is 6.31. The van der Waals surface area contributed by atoms with Gasteiger partial charge in [0.2, 0.25) is 0 Å². The summed E-state index contributed by atoms with van der Waals surface area (Å²) in [6.07, 6.45) is 0.521. The zero-order valence-electron chi connectivity index (χ0n) is 8.82. The van der Waals surface area contributed by atoms with Crippen LogP contribution in [-0.4, -0.2) is 15.3 Å². The van der Waals surface area contributed by atoms with E-state index in [1.54, 1.807) is 6.07 Å². The quantitative estimate of drug-likeness (QED) is 0.786. The first-order valence-corrected chi connectivity index (χ1v) is 5.37. The van der Waals surface area contributed by atoms with Gasteiger partial charge in [-0.25, -0.2) is 4.39 Å². The molecule has 0 fully saturated rings. The van der Waals surface area contributed by atoms with Crippen molar-refractivity contribution >= 4 is 17.4 Å². The Bertz CT molecular complexity index is 509. The van der Waals surface area contributed by atoms with Crippen molar-refractivity contribution < 1.29 is 9.50 Å². The van der Waals surface area contributed by atoms with Crippen LogP contribution in [0.5, 0.6) is 0 Å². The molecule has 0 radical (unpaired) electrons. The molecule has 90 valence electrons. The van der Waals surface area contributed by atoms with Gasteiger partial charge in [0.25, 0.3) is 0 Å².